The highest BCUT2D eigenvalue weighted by molar-refractivity contribution is 14.0. The van der Waals surface area contributed by atoms with Crippen LogP contribution in [0.3, 0.4) is 0 Å². The van der Waals surface area contributed by atoms with Gasteiger partial charge in [0.05, 0.1) is 19.7 Å². The molecule has 3 aromatic rings. The number of benzene rings is 2. The molecule has 0 bridgehead atoms. The van der Waals surface area contributed by atoms with Crippen molar-refractivity contribution < 1.29 is 9.47 Å². The quantitative estimate of drug-likeness (QED) is 0.247. The van der Waals surface area contributed by atoms with Crippen LogP contribution in [0, 0.1) is 0 Å². The van der Waals surface area contributed by atoms with Crippen molar-refractivity contribution in [1.82, 2.24) is 25.4 Å². The number of halogens is 1. The highest BCUT2D eigenvalue weighted by Gasteiger charge is 2.21. The minimum atomic E-state index is 0. The van der Waals surface area contributed by atoms with Crippen molar-refractivity contribution in [3.8, 4) is 17.2 Å². The van der Waals surface area contributed by atoms with Crippen LogP contribution >= 0.6 is 24.0 Å². The van der Waals surface area contributed by atoms with Crippen molar-refractivity contribution in [2.24, 2.45) is 4.99 Å². The summed E-state index contributed by atoms with van der Waals surface area (Å²) < 4.78 is 13.8. The molecule has 8 nitrogen and oxygen atoms in total. The zero-order valence-corrected chi connectivity index (χ0v) is 21.6. The molecule has 9 heteroatoms. The third-order valence-corrected chi connectivity index (χ3v) is 5.20. The molecule has 0 radical (unpaired) electrons. The lowest BCUT2D eigenvalue weighted by molar-refractivity contribution is 0.254. The Morgan fingerprint density at radius 3 is 2.79 bits per heavy atom. The van der Waals surface area contributed by atoms with Crippen molar-refractivity contribution in [2.45, 2.75) is 46.4 Å². The van der Waals surface area contributed by atoms with Crippen LogP contribution in [-0.4, -0.2) is 40.0 Å². The summed E-state index contributed by atoms with van der Waals surface area (Å²) in [6, 6.07) is 14.2. The van der Waals surface area contributed by atoms with Crippen LogP contribution in [0.2, 0.25) is 0 Å². The van der Waals surface area contributed by atoms with Crippen molar-refractivity contribution in [2.75, 3.05) is 13.2 Å². The summed E-state index contributed by atoms with van der Waals surface area (Å²) in [7, 11) is 0. The number of ether oxygens (including phenoxy) is 2. The SMILES string of the molecule is CCNC(=NCc1cc2c(cc1OCC)CC(C)O2)NCc1nncn1-c1ccccc1.I. The molecule has 0 spiro atoms. The minimum Gasteiger partial charge on any atom is -0.494 e. The van der Waals surface area contributed by atoms with Crippen LogP contribution in [0.25, 0.3) is 5.69 Å². The van der Waals surface area contributed by atoms with Crippen LogP contribution in [0.15, 0.2) is 53.8 Å². The smallest absolute Gasteiger partial charge is 0.191 e. The monoisotopic (exact) mass is 562 g/mol. The molecule has 0 fully saturated rings. The van der Waals surface area contributed by atoms with E-state index in [0.717, 1.165) is 41.5 Å². The van der Waals surface area contributed by atoms with E-state index in [9.17, 15) is 0 Å². The van der Waals surface area contributed by atoms with E-state index in [1.54, 1.807) is 6.33 Å². The second kappa shape index (κ2) is 11.9. The second-order valence-electron chi connectivity index (χ2n) is 7.63. The Labute approximate surface area is 211 Å². The Morgan fingerprint density at radius 1 is 1.21 bits per heavy atom. The van der Waals surface area contributed by atoms with Crippen LogP contribution < -0.4 is 20.1 Å². The minimum absolute atomic E-state index is 0. The molecule has 33 heavy (non-hydrogen) atoms. The molecule has 1 aliphatic heterocycles. The van der Waals surface area contributed by atoms with Gasteiger partial charge in [-0.15, -0.1) is 34.2 Å². The second-order valence-corrected chi connectivity index (χ2v) is 7.63. The summed E-state index contributed by atoms with van der Waals surface area (Å²) in [5, 5.41) is 15.0. The number of fused-ring (bicyclic) bond motifs is 1. The number of hydrogen-bond acceptors (Lipinski definition) is 5. The molecule has 4 rings (SSSR count). The molecular weight excluding hydrogens is 531 g/mol. The Morgan fingerprint density at radius 2 is 2.03 bits per heavy atom. The number of para-hydroxylation sites is 1. The van der Waals surface area contributed by atoms with Crippen LogP contribution in [0.5, 0.6) is 11.5 Å². The molecular formula is C24H31IN6O2. The zero-order chi connectivity index (χ0) is 22.3. The normalized spacial score (nSPS) is 14.8. The van der Waals surface area contributed by atoms with E-state index in [1.807, 2.05) is 48.7 Å². The van der Waals surface area contributed by atoms with Gasteiger partial charge < -0.3 is 20.1 Å². The fraction of sp³-hybridized carbons (Fsp3) is 0.375. The topological polar surface area (TPSA) is 85.6 Å². The van der Waals surface area contributed by atoms with E-state index in [1.165, 1.54) is 5.56 Å². The largest absolute Gasteiger partial charge is 0.494 e. The van der Waals surface area contributed by atoms with Crippen LogP contribution in [0.1, 0.15) is 37.7 Å². The standard InChI is InChI=1S/C24H30N6O2.HI/c1-4-25-24(27-15-23-29-28-16-30(23)20-9-7-6-8-10-20)26-14-19-13-22-18(11-17(3)32-22)12-21(19)31-5-2;/h6-10,12-13,16-17H,4-5,11,14-15H2,1-3H3,(H2,25,26,27);1H. The molecule has 2 aromatic carbocycles. The molecule has 2 heterocycles. The van der Waals surface area contributed by atoms with E-state index in [2.05, 4.69) is 39.9 Å². The molecule has 0 aliphatic carbocycles. The fourth-order valence-electron chi connectivity index (χ4n) is 3.75. The predicted molar refractivity (Wildman–Crippen MR) is 140 cm³/mol. The average Bonchev–Trinajstić information content (AvgIpc) is 3.41. The number of hydrogen-bond donors (Lipinski definition) is 2. The number of aliphatic imine (C=N–C) groups is 1. The lowest BCUT2D eigenvalue weighted by Crippen LogP contribution is -2.37. The number of nitrogens with zero attached hydrogens (tertiary/aromatic N) is 4. The molecule has 0 amide bonds. The van der Waals surface area contributed by atoms with Gasteiger partial charge >= 0.3 is 0 Å². The van der Waals surface area contributed by atoms with E-state index in [4.69, 9.17) is 14.5 Å². The Kier molecular flexibility index (Phi) is 8.93. The predicted octanol–water partition coefficient (Wildman–Crippen LogP) is 3.86. The van der Waals surface area contributed by atoms with E-state index >= 15 is 0 Å². The highest BCUT2D eigenvalue weighted by atomic mass is 127. The van der Waals surface area contributed by atoms with Crippen LogP contribution in [0.4, 0.5) is 0 Å². The molecule has 1 aromatic heterocycles. The number of nitrogens with one attached hydrogen (secondary N) is 2. The lowest BCUT2D eigenvalue weighted by Gasteiger charge is -2.14. The van der Waals surface area contributed by atoms with Gasteiger partial charge in [-0.1, -0.05) is 18.2 Å². The first-order valence-corrected chi connectivity index (χ1v) is 11.1. The maximum Gasteiger partial charge on any atom is 0.191 e. The van der Waals surface area contributed by atoms with Gasteiger partial charge in [0.1, 0.15) is 23.9 Å². The molecule has 0 saturated carbocycles. The fourth-order valence-corrected chi connectivity index (χ4v) is 3.75. The summed E-state index contributed by atoms with van der Waals surface area (Å²) in [5.41, 5.74) is 3.22. The Bertz CT molecular complexity index is 1070. The van der Waals surface area contributed by atoms with Gasteiger partial charge in [0.15, 0.2) is 11.8 Å². The maximum absolute atomic E-state index is 5.93. The Balaban J connectivity index is 0.00000306. The average molecular weight is 562 g/mol. The van der Waals surface area contributed by atoms with Crippen molar-refractivity contribution >= 4 is 29.9 Å². The van der Waals surface area contributed by atoms with Gasteiger partial charge in [-0.05, 0) is 45.0 Å². The first-order valence-electron chi connectivity index (χ1n) is 11.1. The van der Waals surface area contributed by atoms with Crippen LogP contribution in [-0.2, 0) is 19.5 Å². The van der Waals surface area contributed by atoms with Gasteiger partial charge in [-0.25, -0.2) is 4.99 Å². The molecule has 1 atom stereocenters. The third-order valence-electron chi connectivity index (χ3n) is 5.20. The number of aromatic nitrogens is 3. The summed E-state index contributed by atoms with van der Waals surface area (Å²) in [5.74, 6) is 3.30. The summed E-state index contributed by atoms with van der Waals surface area (Å²) in [6.45, 7) is 8.44. The van der Waals surface area contributed by atoms with Crippen molar-refractivity contribution in [3.63, 3.8) is 0 Å². The zero-order valence-electron chi connectivity index (χ0n) is 19.2. The molecule has 1 aliphatic rings. The van der Waals surface area contributed by atoms with Gasteiger partial charge in [0.25, 0.3) is 0 Å². The number of rotatable bonds is 8. The third kappa shape index (κ3) is 6.16. The first kappa shape index (κ1) is 24.8. The Hall–Kier alpha value is -2.82. The summed E-state index contributed by atoms with van der Waals surface area (Å²) >= 11 is 0. The maximum atomic E-state index is 5.93. The van der Waals surface area contributed by atoms with Crippen molar-refractivity contribution in [3.05, 3.63) is 65.7 Å². The molecule has 176 valence electrons. The number of guanidine groups is 1. The first-order chi connectivity index (χ1) is 15.7. The van der Waals surface area contributed by atoms with E-state index in [0.29, 0.717) is 25.7 Å². The summed E-state index contributed by atoms with van der Waals surface area (Å²) in [4.78, 5) is 4.77. The van der Waals surface area contributed by atoms with E-state index in [-0.39, 0.29) is 30.1 Å². The molecule has 0 saturated heterocycles. The van der Waals surface area contributed by atoms with Gasteiger partial charge in [-0.2, -0.15) is 0 Å². The highest BCUT2D eigenvalue weighted by Crippen LogP contribution is 2.35. The van der Waals surface area contributed by atoms with Crippen molar-refractivity contribution in [1.29, 1.82) is 0 Å². The van der Waals surface area contributed by atoms with Gasteiger partial charge in [0.2, 0.25) is 0 Å². The van der Waals surface area contributed by atoms with E-state index < -0.39 is 0 Å². The lowest BCUT2D eigenvalue weighted by atomic mass is 10.1. The molecule has 2 N–H and O–H groups in total. The van der Waals surface area contributed by atoms with Gasteiger partial charge in [0, 0.05) is 29.8 Å². The summed E-state index contributed by atoms with van der Waals surface area (Å²) in [6.07, 6.45) is 2.82. The van der Waals surface area contributed by atoms with Gasteiger partial charge in [-0.3, -0.25) is 4.57 Å². The molecule has 1 unspecified atom stereocenters.